The van der Waals surface area contributed by atoms with Gasteiger partial charge >= 0.3 is 0 Å². The summed E-state index contributed by atoms with van der Waals surface area (Å²) in [5.41, 5.74) is 3.99. The summed E-state index contributed by atoms with van der Waals surface area (Å²) in [6.45, 7) is 3.86. The molecule has 0 aliphatic carbocycles. The largest absolute Gasteiger partial charge is 0.306 e. The van der Waals surface area contributed by atoms with Crippen LogP contribution in [0.25, 0.3) is 17.0 Å². The molecule has 0 unspecified atom stereocenters. The van der Waals surface area contributed by atoms with Gasteiger partial charge in [0.1, 0.15) is 11.6 Å². The molecule has 3 aromatic carbocycles. The maximum absolute atomic E-state index is 14.7. The third kappa shape index (κ3) is 3.95. The summed E-state index contributed by atoms with van der Waals surface area (Å²) in [6, 6.07) is 21.3. The number of para-hydroxylation sites is 2. The highest BCUT2D eigenvalue weighted by Gasteiger charge is 2.21. The second-order valence-corrected chi connectivity index (χ2v) is 8.45. The van der Waals surface area contributed by atoms with Gasteiger partial charge in [0.25, 0.3) is 5.91 Å². The van der Waals surface area contributed by atoms with Gasteiger partial charge in [-0.1, -0.05) is 48.0 Å². The molecule has 2 heterocycles. The van der Waals surface area contributed by atoms with Crippen molar-refractivity contribution in [3.8, 4) is 5.95 Å². The minimum Gasteiger partial charge on any atom is -0.306 e. The molecular weight excluding hydrogens is 453 g/mol. The quantitative estimate of drug-likeness (QED) is 0.344. The van der Waals surface area contributed by atoms with Gasteiger partial charge < -0.3 is 9.88 Å². The van der Waals surface area contributed by atoms with Crippen molar-refractivity contribution in [2.45, 2.75) is 20.4 Å². The number of carbonyl (C=O) groups is 1. The molecule has 1 amide bonds. The van der Waals surface area contributed by atoms with Crippen molar-refractivity contribution in [3.63, 3.8) is 0 Å². The van der Waals surface area contributed by atoms with E-state index in [1.807, 2.05) is 60.9 Å². The third-order valence-electron chi connectivity index (χ3n) is 5.66. The van der Waals surface area contributed by atoms with E-state index >= 15 is 0 Å². The van der Waals surface area contributed by atoms with E-state index in [2.05, 4.69) is 10.4 Å². The predicted molar refractivity (Wildman–Crippen MR) is 131 cm³/mol. The number of aryl methyl sites for hydroxylation is 2. The number of hydrogen-bond acceptors (Lipinski definition) is 3. The molecule has 1 N–H and O–H groups in total. The average molecular weight is 474 g/mol. The highest BCUT2D eigenvalue weighted by Crippen LogP contribution is 2.27. The van der Waals surface area contributed by atoms with Crippen molar-refractivity contribution in [2.24, 2.45) is 0 Å². The molecule has 0 saturated carbocycles. The highest BCUT2D eigenvalue weighted by molar-refractivity contribution is 6.31. The molecule has 6 nitrogen and oxygen atoms in total. The zero-order chi connectivity index (χ0) is 23.8. The van der Waals surface area contributed by atoms with E-state index in [0.29, 0.717) is 39.1 Å². The summed E-state index contributed by atoms with van der Waals surface area (Å²) in [7, 11) is 0. The zero-order valence-electron chi connectivity index (χ0n) is 18.6. The zero-order valence-corrected chi connectivity index (χ0v) is 19.3. The Hall–Kier alpha value is -3.97. The van der Waals surface area contributed by atoms with Gasteiger partial charge in [-0.25, -0.2) is 9.37 Å². The number of hydrogen-bond donors (Lipinski definition) is 1. The lowest BCUT2D eigenvalue weighted by Gasteiger charge is -2.14. The molecule has 0 aliphatic rings. The number of anilines is 1. The molecular formula is C26H21ClFN5O. The molecule has 5 rings (SSSR count). The summed E-state index contributed by atoms with van der Waals surface area (Å²) in [6.07, 6.45) is 0. The molecule has 2 aromatic heterocycles. The third-order valence-corrected chi connectivity index (χ3v) is 6.02. The molecule has 0 radical (unpaired) electrons. The lowest BCUT2D eigenvalue weighted by atomic mass is 10.1. The second kappa shape index (κ2) is 8.76. The highest BCUT2D eigenvalue weighted by atomic mass is 35.5. The Labute approximate surface area is 200 Å². The second-order valence-electron chi connectivity index (χ2n) is 8.04. The number of rotatable bonds is 5. The normalized spacial score (nSPS) is 11.2. The molecule has 0 aliphatic heterocycles. The van der Waals surface area contributed by atoms with Crippen LogP contribution in [-0.4, -0.2) is 25.2 Å². The molecule has 0 fully saturated rings. The van der Waals surface area contributed by atoms with Crippen LogP contribution in [0.2, 0.25) is 5.02 Å². The summed E-state index contributed by atoms with van der Waals surface area (Å²) >= 11 is 6.33. The average Bonchev–Trinajstić information content (AvgIpc) is 3.36. The number of carbonyl (C=O) groups excluding carboxylic acids is 1. The van der Waals surface area contributed by atoms with E-state index in [1.54, 1.807) is 28.9 Å². The van der Waals surface area contributed by atoms with E-state index in [-0.39, 0.29) is 12.5 Å². The maximum Gasteiger partial charge on any atom is 0.257 e. The van der Waals surface area contributed by atoms with Crippen molar-refractivity contribution in [2.75, 3.05) is 5.32 Å². The van der Waals surface area contributed by atoms with Gasteiger partial charge in [0, 0.05) is 22.2 Å². The molecule has 0 bridgehead atoms. The first-order valence-corrected chi connectivity index (χ1v) is 11.1. The smallest absolute Gasteiger partial charge is 0.257 e. The predicted octanol–water partition coefficient (Wildman–Crippen LogP) is 5.93. The van der Waals surface area contributed by atoms with Crippen molar-refractivity contribution >= 4 is 34.4 Å². The van der Waals surface area contributed by atoms with E-state index in [0.717, 1.165) is 11.1 Å². The van der Waals surface area contributed by atoms with Crippen LogP contribution >= 0.6 is 11.6 Å². The fraction of sp³-hybridized carbons (Fsp3) is 0.115. The monoisotopic (exact) mass is 473 g/mol. The van der Waals surface area contributed by atoms with Crippen LogP contribution in [0.15, 0.2) is 72.8 Å². The summed E-state index contributed by atoms with van der Waals surface area (Å²) < 4.78 is 18.1. The molecule has 34 heavy (non-hydrogen) atoms. The molecule has 5 aromatic rings. The Balaban J connectivity index is 1.63. The van der Waals surface area contributed by atoms with Gasteiger partial charge in [0.05, 0.1) is 23.3 Å². The standard InChI is InChI=1S/C26H21ClFN5O/c1-16-8-3-4-9-18(16)25(34)30-24-14-17(2)31-33(24)26-29-22-12-5-6-13-23(22)32(26)15-19-20(27)10-7-11-21(19)28/h3-14H,15H2,1-2H3,(H,30,34). The fourth-order valence-corrected chi connectivity index (χ4v) is 4.20. The fourth-order valence-electron chi connectivity index (χ4n) is 3.97. The number of fused-ring (bicyclic) bond motifs is 1. The lowest BCUT2D eigenvalue weighted by molar-refractivity contribution is 0.102. The van der Waals surface area contributed by atoms with Gasteiger partial charge in [-0.2, -0.15) is 9.78 Å². The van der Waals surface area contributed by atoms with Crippen molar-refractivity contribution in [1.29, 1.82) is 0 Å². The van der Waals surface area contributed by atoms with Gasteiger partial charge in [-0.15, -0.1) is 0 Å². The summed E-state index contributed by atoms with van der Waals surface area (Å²) in [5, 5.41) is 7.86. The Bertz CT molecular complexity index is 1520. The van der Waals surface area contributed by atoms with Crippen LogP contribution in [0.4, 0.5) is 10.2 Å². The first-order valence-electron chi connectivity index (χ1n) is 10.7. The number of benzene rings is 3. The number of imidazole rings is 1. The first-order chi connectivity index (χ1) is 16.4. The van der Waals surface area contributed by atoms with Crippen LogP contribution in [0.3, 0.4) is 0 Å². The van der Waals surface area contributed by atoms with Gasteiger partial charge in [0.2, 0.25) is 5.95 Å². The molecule has 8 heteroatoms. The Morgan fingerprint density at radius 1 is 1.03 bits per heavy atom. The Kier molecular flexibility index (Phi) is 5.63. The van der Waals surface area contributed by atoms with E-state index in [9.17, 15) is 9.18 Å². The maximum atomic E-state index is 14.7. The number of halogens is 2. The van der Waals surface area contributed by atoms with Crippen LogP contribution in [0, 0.1) is 19.7 Å². The topological polar surface area (TPSA) is 64.7 Å². The van der Waals surface area contributed by atoms with Crippen LogP contribution in [0.1, 0.15) is 27.2 Å². The molecule has 0 saturated heterocycles. The van der Waals surface area contributed by atoms with Gasteiger partial charge in [0.15, 0.2) is 0 Å². The minimum atomic E-state index is -0.402. The van der Waals surface area contributed by atoms with Crippen molar-refractivity contribution in [1.82, 2.24) is 19.3 Å². The lowest BCUT2D eigenvalue weighted by Crippen LogP contribution is -2.18. The first kappa shape index (κ1) is 21.9. The Morgan fingerprint density at radius 2 is 1.79 bits per heavy atom. The van der Waals surface area contributed by atoms with Crippen LogP contribution < -0.4 is 5.32 Å². The number of nitrogens with zero attached hydrogens (tertiary/aromatic N) is 4. The molecule has 0 spiro atoms. The van der Waals surface area contributed by atoms with Crippen LogP contribution in [-0.2, 0) is 6.54 Å². The number of nitrogens with one attached hydrogen (secondary N) is 1. The van der Waals surface area contributed by atoms with E-state index in [1.165, 1.54) is 6.07 Å². The number of amides is 1. The summed E-state index contributed by atoms with van der Waals surface area (Å²) in [4.78, 5) is 17.8. The Morgan fingerprint density at radius 3 is 2.59 bits per heavy atom. The van der Waals surface area contributed by atoms with E-state index in [4.69, 9.17) is 16.6 Å². The van der Waals surface area contributed by atoms with Crippen LogP contribution in [0.5, 0.6) is 0 Å². The summed E-state index contributed by atoms with van der Waals surface area (Å²) in [5.74, 6) is 0.246. The van der Waals surface area contributed by atoms with Crippen molar-refractivity contribution < 1.29 is 9.18 Å². The SMILES string of the molecule is Cc1cc(NC(=O)c2ccccc2C)n(-c2nc3ccccc3n2Cc2c(F)cccc2Cl)n1. The van der Waals surface area contributed by atoms with E-state index < -0.39 is 5.82 Å². The molecule has 0 atom stereocenters. The van der Waals surface area contributed by atoms with Gasteiger partial charge in [-0.3, -0.25) is 4.79 Å². The van der Waals surface area contributed by atoms with Crippen molar-refractivity contribution in [3.05, 3.63) is 106 Å². The molecule has 170 valence electrons. The minimum absolute atomic E-state index is 0.144. The number of aromatic nitrogens is 4. The van der Waals surface area contributed by atoms with Gasteiger partial charge in [-0.05, 0) is 49.7 Å².